The molecule has 0 atom stereocenters. The standard InChI is InChI=1S/C21H27Cl2N7O3/c1-12-16(22)17(23)18(25-12)19(31)26-13-3-7-29(8-4-13)15-11-14(20(32)33-2)27-21(28-15)30-9-5-24-6-10-30/h11,13,24-25H,3-10H2,1-2H3,(H,26,31). The molecule has 0 bridgehead atoms. The highest BCUT2D eigenvalue weighted by molar-refractivity contribution is 6.44. The Morgan fingerprint density at radius 2 is 1.79 bits per heavy atom. The highest BCUT2D eigenvalue weighted by Crippen LogP contribution is 2.29. The van der Waals surface area contributed by atoms with Crippen LogP contribution < -0.4 is 20.4 Å². The van der Waals surface area contributed by atoms with Crippen molar-refractivity contribution in [3.8, 4) is 0 Å². The summed E-state index contributed by atoms with van der Waals surface area (Å²) >= 11 is 12.3. The summed E-state index contributed by atoms with van der Waals surface area (Å²) in [7, 11) is 1.34. The normalized spacial score (nSPS) is 17.2. The van der Waals surface area contributed by atoms with E-state index in [-0.39, 0.29) is 28.4 Å². The minimum absolute atomic E-state index is 0.0123. The molecule has 2 aliphatic rings. The molecule has 0 unspecified atom stereocenters. The number of aromatic amines is 1. The smallest absolute Gasteiger partial charge is 0.356 e. The molecule has 4 heterocycles. The van der Waals surface area contributed by atoms with Crippen LogP contribution >= 0.6 is 23.2 Å². The maximum Gasteiger partial charge on any atom is 0.356 e. The number of ether oxygens (including phenoxy) is 1. The molecule has 178 valence electrons. The SMILES string of the molecule is COC(=O)c1cc(N2CCC(NC(=O)c3[nH]c(C)c(Cl)c3Cl)CC2)nc(N2CCNCC2)n1. The molecule has 2 saturated heterocycles. The molecule has 0 aliphatic carbocycles. The first-order valence-electron chi connectivity index (χ1n) is 10.9. The number of piperidine rings is 1. The topological polar surface area (TPSA) is 115 Å². The largest absolute Gasteiger partial charge is 0.464 e. The third-order valence-corrected chi connectivity index (χ3v) is 6.88. The van der Waals surface area contributed by atoms with Crippen LogP contribution in [0.2, 0.25) is 10.0 Å². The number of hydrogen-bond donors (Lipinski definition) is 3. The molecule has 2 aromatic heterocycles. The number of carbonyl (C=O) groups excluding carboxylic acids is 2. The molecule has 2 fully saturated rings. The third kappa shape index (κ3) is 5.18. The van der Waals surface area contributed by atoms with Gasteiger partial charge in [0.1, 0.15) is 11.5 Å². The number of hydrogen-bond acceptors (Lipinski definition) is 8. The molecule has 1 amide bonds. The van der Waals surface area contributed by atoms with Gasteiger partial charge in [-0.1, -0.05) is 23.2 Å². The van der Waals surface area contributed by atoms with Crippen molar-refractivity contribution in [2.24, 2.45) is 0 Å². The first-order chi connectivity index (χ1) is 15.9. The molecular formula is C21H27Cl2N7O3. The van der Waals surface area contributed by atoms with Crippen LogP contribution in [0.5, 0.6) is 0 Å². The van der Waals surface area contributed by atoms with Crippen LogP contribution in [0, 0.1) is 6.92 Å². The Kier molecular flexibility index (Phi) is 7.26. The van der Waals surface area contributed by atoms with Gasteiger partial charge < -0.3 is 30.2 Å². The maximum atomic E-state index is 12.6. The molecule has 4 rings (SSSR count). The molecular weight excluding hydrogens is 469 g/mol. The highest BCUT2D eigenvalue weighted by Gasteiger charge is 2.26. The van der Waals surface area contributed by atoms with Gasteiger partial charge in [-0.3, -0.25) is 4.79 Å². The molecule has 12 heteroatoms. The fourth-order valence-corrected chi connectivity index (χ4v) is 4.45. The zero-order chi connectivity index (χ0) is 23.5. The van der Waals surface area contributed by atoms with Gasteiger partial charge in [-0.25, -0.2) is 9.78 Å². The van der Waals surface area contributed by atoms with Crippen molar-refractivity contribution in [2.75, 3.05) is 56.2 Å². The third-order valence-electron chi connectivity index (χ3n) is 5.93. The van der Waals surface area contributed by atoms with E-state index < -0.39 is 5.97 Å². The van der Waals surface area contributed by atoms with E-state index in [2.05, 4.69) is 30.4 Å². The van der Waals surface area contributed by atoms with Crippen LogP contribution in [-0.2, 0) is 4.74 Å². The van der Waals surface area contributed by atoms with Gasteiger partial charge in [0.15, 0.2) is 5.69 Å². The average molecular weight is 496 g/mol. The predicted octanol–water partition coefficient (Wildman–Crippen LogP) is 2.01. The number of halogens is 2. The van der Waals surface area contributed by atoms with E-state index >= 15 is 0 Å². The Morgan fingerprint density at radius 1 is 1.09 bits per heavy atom. The number of nitrogens with one attached hydrogen (secondary N) is 3. The lowest BCUT2D eigenvalue weighted by atomic mass is 10.0. The Morgan fingerprint density at radius 3 is 2.39 bits per heavy atom. The van der Waals surface area contributed by atoms with Crippen molar-refractivity contribution in [2.45, 2.75) is 25.8 Å². The zero-order valence-corrected chi connectivity index (χ0v) is 20.1. The van der Waals surface area contributed by atoms with Gasteiger partial charge in [-0.2, -0.15) is 4.98 Å². The number of rotatable bonds is 5. The number of anilines is 2. The summed E-state index contributed by atoms with van der Waals surface area (Å²) in [6.45, 7) is 6.31. The van der Waals surface area contributed by atoms with Crippen LogP contribution in [0.3, 0.4) is 0 Å². The van der Waals surface area contributed by atoms with Crippen LogP contribution in [0.15, 0.2) is 6.07 Å². The predicted molar refractivity (Wildman–Crippen MR) is 127 cm³/mol. The summed E-state index contributed by atoms with van der Waals surface area (Å²) in [4.78, 5) is 41.1. The highest BCUT2D eigenvalue weighted by atomic mass is 35.5. The van der Waals surface area contributed by atoms with Crippen LogP contribution in [-0.4, -0.2) is 79.2 Å². The number of amides is 1. The first-order valence-corrected chi connectivity index (χ1v) is 11.7. The minimum Gasteiger partial charge on any atom is -0.464 e. The van der Waals surface area contributed by atoms with E-state index in [1.807, 2.05) is 0 Å². The van der Waals surface area contributed by atoms with Crippen molar-refractivity contribution < 1.29 is 14.3 Å². The number of H-pyrrole nitrogens is 1. The number of piperazine rings is 1. The van der Waals surface area contributed by atoms with Gasteiger partial charge in [-0.15, -0.1) is 0 Å². The quantitative estimate of drug-likeness (QED) is 0.539. The minimum atomic E-state index is -0.492. The van der Waals surface area contributed by atoms with Crippen molar-refractivity contribution in [1.82, 2.24) is 25.6 Å². The maximum absolute atomic E-state index is 12.6. The van der Waals surface area contributed by atoms with Gasteiger partial charge in [0, 0.05) is 57.1 Å². The average Bonchev–Trinajstić information content (AvgIpc) is 3.11. The van der Waals surface area contributed by atoms with Gasteiger partial charge in [0.05, 0.1) is 17.2 Å². The number of aryl methyl sites for hydroxylation is 1. The molecule has 0 spiro atoms. The summed E-state index contributed by atoms with van der Waals surface area (Å²) < 4.78 is 4.89. The fraction of sp³-hybridized carbons (Fsp3) is 0.524. The summed E-state index contributed by atoms with van der Waals surface area (Å²) in [5.74, 6) is 0.440. The van der Waals surface area contributed by atoms with Crippen molar-refractivity contribution in [3.05, 3.63) is 33.2 Å². The lowest BCUT2D eigenvalue weighted by Crippen LogP contribution is -2.46. The summed E-state index contributed by atoms with van der Waals surface area (Å²) in [5, 5.41) is 6.93. The molecule has 2 aliphatic heterocycles. The number of nitrogens with zero attached hydrogens (tertiary/aromatic N) is 4. The zero-order valence-electron chi connectivity index (χ0n) is 18.6. The molecule has 3 N–H and O–H groups in total. The second kappa shape index (κ2) is 10.1. The van der Waals surface area contributed by atoms with E-state index in [9.17, 15) is 9.59 Å². The van der Waals surface area contributed by atoms with Crippen molar-refractivity contribution in [3.63, 3.8) is 0 Å². The van der Waals surface area contributed by atoms with Crippen molar-refractivity contribution >= 4 is 46.8 Å². The van der Waals surface area contributed by atoms with E-state index in [4.69, 9.17) is 32.9 Å². The second-order valence-electron chi connectivity index (χ2n) is 8.13. The van der Waals surface area contributed by atoms with E-state index in [1.165, 1.54) is 7.11 Å². The Hall–Kier alpha value is -2.56. The molecule has 2 aromatic rings. The summed E-state index contributed by atoms with van der Waals surface area (Å²) in [6.07, 6.45) is 1.44. The van der Waals surface area contributed by atoms with E-state index in [0.717, 1.165) is 39.0 Å². The molecule has 33 heavy (non-hydrogen) atoms. The monoisotopic (exact) mass is 495 g/mol. The summed E-state index contributed by atoms with van der Waals surface area (Å²) in [5.41, 5.74) is 1.17. The van der Waals surface area contributed by atoms with Crippen LogP contribution in [0.1, 0.15) is 39.5 Å². The number of esters is 1. The van der Waals surface area contributed by atoms with Crippen molar-refractivity contribution in [1.29, 1.82) is 0 Å². The van der Waals surface area contributed by atoms with Gasteiger partial charge >= 0.3 is 5.97 Å². The molecule has 10 nitrogen and oxygen atoms in total. The van der Waals surface area contributed by atoms with E-state index in [0.29, 0.717) is 35.6 Å². The van der Waals surface area contributed by atoms with Crippen LogP contribution in [0.25, 0.3) is 0 Å². The van der Waals surface area contributed by atoms with Crippen LogP contribution in [0.4, 0.5) is 11.8 Å². The van der Waals surface area contributed by atoms with Gasteiger partial charge in [0.2, 0.25) is 5.95 Å². The lowest BCUT2D eigenvalue weighted by molar-refractivity contribution is 0.0593. The Bertz CT molecular complexity index is 1030. The van der Waals surface area contributed by atoms with Gasteiger partial charge in [0.25, 0.3) is 5.91 Å². The molecule has 0 aromatic carbocycles. The second-order valence-corrected chi connectivity index (χ2v) is 8.88. The summed E-state index contributed by atoms with van der Waals surface area (Å²) in [6, 6.07) is 1.65. The number of aromatic nitrogens is 3. The Balaban J connectivity index is 1.44. The fourth-order valence-electron chi connectivity index (χ4n) is 4.04. The molecule has 0 radical (unpaired) electrons. The number of methoxy groups -OCH3 is 1. The molecule has 0 saturated carbocycles. The van der Waals surface area contributed by atoms with E-state index in [1.54, 1.807) is 13.0 Å². The van der Waals surface area contributed by atoms with Gasteiger partial charge in [-0.05, 0) is 19.8 Å². The lowest BCUT2D eigenvalue weighted by Gasteiger charge is -2.34. The number of carbonyl (C=O) groups is 2. The first kappa shape index (κ1) is 23.6. The Labute approximate surface area is 202 Å².